The lowest BCUT2D eigenvalue weighted by Crippen LogP contribution is -2.34. The van der Waals surface area contributed by atoms with E-state index >= 15 is 0 Å². The quantitative estimate of drug-likeness (QED) is 0.797. The fraction of sp³-hybridized carbons (Fsp3) is 0.214. The molecule has 2 heterocycles. The van der Waals surface area contributed by atoms with Gasteiger partial charge in [-0.3, -0.25) is 4.79 Å². The first kappa shape index (κ1) is 15.1. The van der Waals surface area contributed by atoms with E-state index in [4.69, 9.17) is 8.94 Å². The standard InChI is InChI=1S/C14H10F3N3O3/c15-14(16,17)7-18-11(21)6-12-19-13(20-23-12)10-5-8-3-1-2-4-9(8)22-10/h1-5H,6-7H2,(H,18,21). The number of nitrogens with zero attached hydrogens (tertiary/aromatic N) is 2. The average Bonchev–Trinajstić information content (AvgIpc) is 3.10. The number of rotatable bonds is 4. The van der Waals surface area contributed by atoms with Crippen molar-refractivity contribution in [1.29, 1.82) is 0 Å². The van der Waals surface area contributed by atoms with Crippen molar-refractivity contribution in [2.45, 2.75) is 12.6 Å². The summed E-state index contributed by atoms with van der Waals surface area (Å²) in [5.41, 5.74) is 0.636. The Labute approximate surface area is 127 Å². The molecule has 6 nitrogen and oxygen atoms in total. The number of hydrogen-bond acceptors (Lipinski definition) is 5. The molecule has 0 unspecified atom stereocenters. The molecular weight excluding hydrogens is 315 g/mol. The van der Waals surface area contributed by atoms with Gasteiger partial charge in [0.1, 0.15) is 18.5 Å². The van der Waals surface area contributed by atoms with Gasteiger partial charge in [0.25, 0.3) is 0 Å². The van der Waals surface area contributed by atoms with Crippen LogP contribution in [0.1, 0.15) is 5.89 Å². The van der Waals surface area contributed by atoms with Crippen molar-refractivity contribution in [3.8, 4) is 11.6 Å². The zero-order valence-corrected chi connectivity index (χ0v) is 11.6. The molecule has 0 spiro atoms. The van der Waals surface area contributed by atoms with Gasteiger partial charge in [-0.05, 0) is 12.1 Å². The minimum absolute atomic E-state index is 0.0971. The first-order chi connectivity index (χ1) is 10.9. The van der Waals surface area contributed by atoms with Gasteiger partial charge in [0, 0.05) is 5.39 Å². The molecule has 1 N–H and O–H groups in total. The molecule has 0 bridgehead atoms. The number of carbonyl (C=O) groups excluding carboxylic acids is 1. The summed E-state index contributed by atoms with van der Waals surface area (Å²) >= 11 is 0. The lowest BCUT2D eigenvalue weighted by Gasteiger charge is -2.06. The Bertz CT molecular complexity index is 805. The number of furan rings is 1. The molecule has 0 aliphatic carbocycles. The second-order valence-electron chi connectivity index (χ2n) is 4.73. The number of aromatic nitrogens is 2. The van der Waals surface area contributed by atoms with Crippen molar-refractivity contribution in [3.63, 3.8) is 0 Å². The molecule has 0 fully saturated rings. The highest BCUT2D eigenvalue weighted by atomic mass is 19.4. The maximum absolute atomic E-state index is 12.0. The third kappa shape index (κ3) is 3.68. The molecule has 1 aromatic carbocycles. The van der Waals surface area contributed by atoms with Crippen molar-refractivity contribution in [1.82, 2.24) is 15.5 Å². The van der Waals surface area contributed by atoms with Crippen LogP contribution in [0.25, 0.3) is 22.6 Å². The second-order valence-corrected chi connectivity index (χ2v) is 4.73. The Kier molecular flexibility index (Phi) is 3.77. The molecule has 1 amide bonds. The SMILES string of the molecule is O=C(Cc1nc(-c2cc3ccccc3o2)no1)NCC(F)(F)F. The largest absolute Gasteiger partial charge is 0.453 e. The molecule has 0 radical (unpaired) electrons. The summed E-state index contributed by atoms with van der Waals surface area (Å²) in [6.07, 6.45) is -4.91. The van der Waals surface area contributed by atoms with Crippen LogP contribution in [0.3, 0.4) is 0 Å². The first-order valence-corrected chi connectivity index (χ1v) is 6.56. The summed E-state index contributed by atoms with van der Waals surface area (Å²) in [6, 6.07) is 8.96. The van der Waals surface area contributed by atoms with Crippen molar-refractivity contribution in [2.75, 3.05) is 6.54 Å². The molecule has 9 heteroatoms. The van der Waals surface area contributed by atoms with Gasteiger partial charge < -0.3 is 14.3 Å². The molecule has 3 rings (SSSR count). The lowest BCUT2D eigenvalue weighted by atomic mass is 10.2. The summed E-state index contributed by atoms with van der Waals surface area (Å²) in [5, 5.41) is 6.23. The highest BCUT2D eigenvalue weighted by Crippen LogP contribution is 2.25. The highest BCUT2D eigenvalue weighted by molar-refractivity contribution is 5.81. The van der Waals surface area contributed by atoms with Crippen LogP contribution in [-0.2, 0) is 11.2 Å². The number of carbonyl (C=O) groups is 1. The minimum Gasteiger partial charge on any atom is -0.453 e. The van der Waals surface area contributed by atoms with Crippen LogP contribution in [-0.4, -0.2) is 28.8 Å². The van der Waals surface area contributed by atoms with Crippen LogP contribution < -0.4 is 5.32 Å². The van der Waals surface area contributed by atoms with Gasteiger partial charge >= 0.3 is 6.18 Å². The monoisotopic (exact) mass is 325 g/mol. The predicted octanol–water partition coefficient (Wildman–Crippen LogP) is 2.70. The molecule has 23 heavy (non-hydrogen) atoms. The summed E-state index contributed by atoms with van der Waals surface area (Å²) < 4.78 is 46.4. The first-order valence-electron chi connectivity index (χ1n) is 6.56. The molecule has 0 aliphatic heterocycles. The Morgan fingerprint density at radius 2 is 2.04 bits per heavy atom. The third-order valence-electron chi connectivity index (χ3n) is 2.91. The van der Waals surface area contributed by atoms with Gasteiger partial charge in [0.15, 0.2) is 5.76 Å². The second kappa shape index (κ2) is 5.75. The molecule has 0 saturated carbocycles. The van der Waals surface area contributed by atoms with E-state index < -0.39 is 25.0 Å². The summed E-state index contributed by atoms with van der Waals surface area (Å²) in [4.78, 5) is 15.3. The van der Waals surface area contributed by atoms with Gasteiger partial charge in [0.2, 0.25) is 17.6 Å². The van der Waals surface area contributed by atoms with E-state index in [1.54, 1.807) is 17.4 Å². The Morgan fingerprint density at radius 3 is 2.78 bits per heavy atom. The Morgan fingerprint density at radius 1 is 1.26 bits per heavy atom. The van der Waals surface area contributed by atoms with E-state index in [1.165, 1.54) is 0 Å². The number of halogens is 3. The van der Waals surface area contributed by atoms with E-state index in [-0.39, 0.29) is 11.7 Å². The number of nitrogens with one attached hydrogen (secondary N) is 1. The molecule has 0 aliphatic rings. The van der Waals surface area contributed by atoms with Gasteiger partial charge in [-0.2, -0.15) is 18.2 Å². The Hall–Kier alpha value is -2.84. The maximum atomic E-state index is 12.0. The van der Waals surface area contributed by atoms with Gasteiger partial charge in [0.05, 0.1) is 0 Å². The fourth-order valence-corrected chi connectivity index (χ4v) is 1.92. The average molecular weight is 325 g/mol. The van der Waals surface area contributed by atoms with E-state index in [9.17, 15) is 18.0 Å². The number of benzene rings is 1. The number of para-hydroxylation sites is 1. The van der Waals surface area contributed by atoms with Crippen molar-refractivity contribution >= 4 is 16.9 Å². The maximum Gasteiger partial charge on any atom is 0.405 e. The minimum atomic E-state index is -4.47. The molecule has 2 aromatic heterocycles. The van der Waals surface area contributed by atoms with Crippen LogP contribution in [0.4, 0.5) is 13.2 Å². The molecular formula is C14H10F3N3O3. The van der Waals surface area contributed by atoms with Crippen LogP contribution in [0.2, 0.25) is 0 Å². The molecule has 3 aromatic rings. The number of alkyl halides is 3. The number of fused-ring (bicyclic) bond motifs is 1. The number of amides is 1. The summed E-state index contributed by atoms with van der Waals surface area (Å²) in [7, 11) is 0. The summed E-state index contributed by atoms with van der Waals surface area (Å²) in [5.74, 6) is -0.487. The van der Waals surface area contributed by atoms with E-state index in [1.807, 2.05) is 18.2 Å². The normalized spacial score (nSPS) is 11.8. The van der Waals surface area contributed by atoms with Crippen molar-refractivity contribution in [3.05, 3.63) is 36.2 Å². The van der Waals surface area contributed by atoms with Crippen LogP contribution in [0, 0.1) is 0 Å². The van der Waals surface area contributed by atoms with Gasteiger partial charge in [-0.25, -0.2) is 0 Å². The molecule has 0 saturated heterocycles. The third-order valence-corrected chi connectivity index (χ3v) is 2.91. The lowest BCUT2D eigenvalue weighted by molar-refractivity contribution is -0.138. The fourth-order valence-electron chi connectivity index (χ4n) is 1.92. The van der Waals surface area contributed by atoms with Crippen LogP contribution in [0.5, 0.6) is 0 Å². The van der Waals surface area contributed by atoms with Crippen LogP contribution in [0.15, 0.2) is 39.3 Å². The molecule has 120 valence electrons. The summed E-state index contributed by atoms with van der Waals surface area (Å²) in [6.45, 7) is -1.41. The number of hydrogen-bond donors (Lipinski definition) is 1. The molecule has 0 atom stereocenters. The van der Waals surface area contributed by atoms with Gasteiger partial charge in [-0.1, -0.05) is 23.4 Å². The zero-order valence-electron chi connectivity index (χ0n) is 11.6. The smallest absolute Gasteiger partial charge is 0.405 e. The van der Waals surface area contributed by atoms with Crippen molar-refractivity contribution in [2.24, 2.45) is 0 Å². The predicted molar refractivity (Wildman–Crippen MR) is 72.3 cm³/mol. The van der Waals surface area contributed by atoms with E-state index in [0.29, 0.717) is 11.3 Å². The van der Waals surface area contributed by atoms with Crippen LogP contribution >= 0.6 is 0 Å². The Balaban J connectivity index is 1.69. The van der Waals surface area contributed by atoms with E-state index in [0.717, 1.165) is 5.39 Å². The van der Waals surface area contributed by atoms with Gasteiger partial charge in [-0.15, -0.1) is 0 Å². The highest BCUT2D eigenvalue weighted by Gasteiger charge is 2.28. The van der Waals surface area contributed by atoms with E-state index in [2.05, 4.69) is 10.1 Å². The van der Waals surface area contributed by atoms with Crippen molar-refractivity contribution < 1.29 is 26.9 Å². The zero-order chi connectivity index (χ0) is 16.4. The topological polar surface area (TPSA) is 81.2 Å².